The Balaban J connectivity index is 1.74. The van der Waals surface area contributed by atoms with E-state index >= 15 is 0 Å². The van der Waals surface area contributed by atoms with Crippen molar-refractivity contribution in [3.63, 3.8) is 0 Å². The highest BCUT2D eigenvalue weighted by Crippen LogP contribution is 2.29. The SMILES string of the molecule is C[C@@H]1CCCN(c2nnc(Cc3ccncc3)c3ccccc23)C1. The maximum absolute atomic E-state index is 4.62. The van der Waals surface area contributed by atoms with Crippen LogP contribution in [0.3, 0.4) is 0 Å². The number of rotatable bonds is 3. The van der Waals surface area contributed by atoms with Crippen LogP contribution in [0.25, 0.3) is 10.8 Å². The molecule has 0 bridgehead atoms. The molecule has 3 aromatic rings. The summed E-state index contributed by atoms with van der Waals surface area (Å²) in [4.78, 5) is 6.49. The van der Waals surface area contributed by atoms with Gasteiger partial charge in [0, 0.05) is 42.7 Å². The fourth-order valence-corrected chi connectivity index (χ4v) is 3.59. The van der Waals surface area contributed by atoms with Crippen LogP contribution in [-0.2, 0) is 6.42 Å². The zero-order chi connectivity index (χ0) is 16.4. The van der Waals surface area contributed by atoms with Gasteiger partial charge in [0.2, 0.25) is 0 Å². The van der Waals surface area contributed by atoms with E-state index in [1.54, 1.807) is 0 Å². The Morgan fingerprint density at radius 3 is 2.62 bits per heavy atom. The molecule has 1 fully saturated rings. The molecule has 0 amide bonds. The average Bonchev–Trinajstić information content (AvgIpc) is 2.63. The highest BCUT2D eigenvalue weighted by atomic mass is 15.3. The predicted octanol–water partition coefficient (Wildman–Crippen LogP) is 3.85. The topological polar surface area (TPSA) is 41.9 Å². The summed E-state index contributed by atoms with van der Waals surface area (Å²) in [6, 6.07) is 12.6. The van der Waals surface area contributed by atoms with Crippen molar-refractivity contribution in [1.29, 1.82) is 0 Å². The predicted molar refractivity (Wildman–Crippen MR) is 97.2 cm³/mol. The average molecular weight is 318 g/mol. The maximum atomic E-state index is 4.62. The second kappa shape index (κ2) is 6.56. The molecule has 2 aromatic heterocycles. The van der Waals surface area contributed by atoms with Crippen LogP contribution in [0, 0.1) is 5.92 Å². The molecule has 122 valence electrons. The lowest BCUT2D eigenvalue weighted by molar-refractivity contribution is 0.444. The van der Waals surface area contributed by atoms with Gasteiger partial charge in [-0.05, 0) is 36.5 Å². The second-order valence-corrected chi connectivity index (χ2v) is 6.74. The van der Waals surface area contributed by atoms with E-state index in [-0.39, 0.29) is 0 Å². The van der Waals surface area contributed by atoms with Gasteiger partial charge in [-0.25, -0.2) is 0 Å². The molecule has 0 unspecified atom stereocenters. The number of hydrogen-bond donors (Lipinski definition) is 0. The van der Waals surface area contributed by atoms with Gasteiger partial charge in [0.15, 0.2) is 5.82 Å². The van der Waals surface area contributed by atoms with Gasteiger partial charge in [-0.1, -0.05) is 31.2 Å². The van der Waals surface area contributed by atoms with Gasteiger partial charge in [0.05, 0.1) is 5.69 Å². The third-order valence-corrected chi connectivity index (χ3v) is 4.82. The van der Waals surface area contributed by atoms with Crippen LogP contribution in [0.1, 0.15) is 31.0 Å². The molecule has 24 heavy (non-hydrogen) atoms. The van der Waals surface area contributed by atoms with Crippen molar-refractivity contribution in [1.82, 2.24) is 15.2 Å². The lowest BCUT2D eigenvalue weighted by Gasteiger charge is -2.32. The van der Waals surface area contributed by atoms with Gasteiger partial charge in [-0.15, -0.1) is 5.10 Å². The summed E-state index contributed by atoms with van der Waals surface area (Å²) in [5, 5.41) is 11.6. The molecule has 1 aliphatic heterocycles. The molecule has 4 heteroatoms. The number of piperidine rings is 1. The van der Waals surface area contributed by atoms with Crippen LogP contribution in [0.5, 0.6) is 0 Å². The molecule has 0 N–H and O–H groups in total. The quantitative estimate of drug-likeness (QED) is 0.735. The number of nitrogens with zero attached hydrogens (tertiary/aromatic N) is 4. The monoisotopic (exact) mass is 318 g/mol. The van der Waals surface area contributed by atoms with E-state index in [1.807, 2.05) is 24.5 Å². The second-order valence-electron chi connectivity index (χ2n) is 6.74. The normalized spacial score (nSPS) is 18.0. The lowest BCUT2D eigenvalue weighted by atomic mass is 9.99. The summed E-state index contributed by atoms with van der Waals surface area (Å²) in [5.41, 5.74) is 2.24. The Hall–Kier alpha value is -2.49. The van der Waals surface area contributed by atoms with Crippen molar-refractivity contribution in [3.05, 3.63) is 60.0 Å². The molecule has 1 aromatic carbocycles. The van der Waals surface area contributed by atoms with Crippen LogP contribution in [0.2, 0.25) is 0 Å². The maximum Gasteiger partial charge on any atom is 0.159 e. The Kier molecular flexibility index (Phi) is 4.11. The largest absolute Gasteiger partial charge is 0.354 e. The minimum atomic E-state index is 0.718. The van der Waals surface area contributed by atoms with E-state index in [4.69, 9.17) is 0 Å². The summed E-state index contributed by atoms with van der Waals surface area (Å²) >= 11 is 0. The summed E-state index contributed by atoms with van der Waals surface area (Å²) in [6.07, 6.45) is 6.98. The van der Waals surface area contributed by atoms with Crippen LogP contribution < -0.4 is 4.90 Å². The first-order valence-electron chi connectivity index (χ1n) is 8.69. The third kappa shape index (κ3) is 2.96. The Morgan fingerprint density at radius 2 is 1.83 bits per heavy atom. The smallest absolute Gasteiger partial charge is 0.159 e. The van der Waals surface area contributed by atoms with Crippen molar-refractivity contribution < 1.29 is 0 Å². The first-order chi connectivity index (χ1) is 11.8. The Labute approximate surface area is 142 Å². The minimum absolute atomic E-state index is 0.718. The van der Waals surface area contributed by atoms with E-state index in [9.17, 15) is 0 Å². The number of aromatic nitrogens is 3. The summed E-state index contributed by atoms with van der Waals surface area (Å²) < 4.78 is 0. The van der Waals surface area contributed by atoms with Crippen LogP contribution in [-0.4, -0.2) is 28.3 Å². The minimum Gasteiger partial charge on any atom is -0.354 e. The third-order valence-electron chi connectivity index (χ3n) is 4.82. The zero-order valence-electron chi connectivity index (χ0n) is 14.0. The molecule has 1 saturated heterocycles. The molecule has 4 rings (SSSR count). The van der Waals surface area contributed by atoms with Crippen LogP contribution >= 0.6 is 0 Å². The number of hydrogen-bond acceptors (Lipinski definition) is 4. The molecular formula is C20H22N4. The molecular weight excluding hydrogens is 296 g/mol. The first kappa shape index (κ1) is 15.1. The van der Waals surface area contributed by atoms with Gasteiger partial charge in [-0.3, -0.25) is 4.98 Å². The molecule has 0 spiro atoms. The number of anilines is 1. The fraction of sp³-hybridized carbons (Fsp3) is 0.350. The molecule has 1 atom stereocenters. The van der Waals surface area contributed by atoms with Crippen molar-refractivity contribution >= 4 is 16.6 Å². The van der Waals surface area contributed by atoms with Crippen molar-refractivity contribution in [2.75, 3.05) is 18.0 Å². The van der Waals surface area contributed by atoms with Gasteiger partial charge in [0.25, 0.3) is 0 Å². The highest BCUT2D eigenvalue weighted by molar-refractivity contribution is 5.93. The lowest BCUT2D eigenvalue weighted by Crippen LogP contribution is -2.35. The molecule has 1 aliphatic rings. The number of fused-ring (bicyclic) bond motifs is 1. The Morgan fingerprint density at radius 1 is 1.04 bits per heavy atom. The van der Waals surface area contributed by atoms with E-state index in [2.05, 4.69) is 51.3 Å². The van der Waals surface area contributed by atoms with Gasteiger partial charge in [-0.2, -0.15) is 5.10 Å². The highest BCUT2D eigenvalue weighted by Gasteiger charge is 2.20. The van der Waals surface area contributed by atoms with Crippen molar-refractivity contribution in [3.8, 4) is 0 Å². The molecule has 0 saturated carbocycles. The van der Waals surface area contributed by atoms with Crippen LogP contribution in [0.4, 0.5) is 5.82 Å². The Bertz CT molecular complexity index is 831. The van der Waals surface area contributed by atoms with Gasteiger partial charge in [0.1, 0.15) is 0 Å². The summed E-state index contributed by atoms with van der Waals surface area (Å²) in [6.45, 7) is 4.47. The molecule has 3 heterocycles. The first-order valence-corrected chi connectivity index (χ1v) is 8.69. The van der Waals surface area contributed by atoms with Crippen molar-refractivity contribution in [2.24, 2.45) is 5.92 Å². The van der Waals surface area contributed by atoms with Gasteiger partial charge >= 0.3 is 0 Å². The number of benzene rings is 1. The number of pyridine rings is 1. The summed E-state index contributed by atoms with van der Waals surface area (Å²) in [7, 11) is 0. The van der Waals surface area contributed by atoms with Crippen molar-refractivity contribution in [2.45, 2.75) is 26.2 Å². The van der Waals surface area contributed by atoms with Gasteiger partial charge < -0.3 is 4.90 Å². The zero-order valence-corrected chi connectivity index (χ0v) is 14.0. The molecule has 0 aliphatic carbocycles. The van der Waals surface area contributed by atoms with E-state index in [1.165, 1.54) is 29.2 Å². The van der Waals surface area contributed by atoms with E-state index in [0.717, 1.165) is 36.9 Å². The standard InChI is InChI=1S/C20H22N4/c1-15-5-4-12-24(14-15)20-18-7-3-2-6-17(18)19(22-23-20)13-16-8-10-21-11-9-16/h2-3,6-11,15H,4-5,12-14H2,1H3/t15-/m1/s1. The van der Waals surface area contributed by atoms with Crippen LogP contribution in [0.15, 0.2) is 48.8 Å². The van der Waals surface area contributed by atoms with E-state index in [0.29, 0.717) is 0 Å². The summed E-state index contributed by atoms with van der Waals surface area (Å²) in [5.74, 6) is 1.76. The molecule has 4 nitrogen and oxygen atoms in total. The fourth-order valence-electron chi connectivity index (χ4n) is 3.59. The van der Waals surface area contributed by atoms with E-state index < -0.39 is 0 Å². The molecule has 0 radical (unpaired) electrons.